The predicted molar refractivity (Wildman–Crippen MR) is 82.5 cm³/mol. The third kappa shape index (κ3) is 5.24. The number of nitrogens with one attached hydrogen (secondary N) is 1. The van der Waals surface area contributed by atoms with Crippen LogP contribution < -0.4 is 15.8 Å². The van der Waals surface area contributed by atoms with E-state index in [9.17, 15) is 9.59 Å². The van der Waals surface area contributed by atoms with Crippen LogP contribution in [0.5, 0.6) is 5.75 Å². The van der Waals surface area contributed by atoms with Gasteiger partial charge in [-0.3, -0.25) is 9.59 Å². The van der Waals surface area contributed by atoms with E-state index in [4.69, 9.17) is 22.1 Å². The molecule has 3 N–H and O–H groups in total. The van der Waals surface area contributed by atoms with E-state index < -0.39 is 0 Å². The van der Waals surface area contributed by atoms with Gasteiger partial charge in [0.05, 0.1) is 5.02 Å². The Labute approximate surface area is 129 Å². The Morgan fingerprint density at radius 3 is 2.62 bits per heavy atom. The fraction of sp³-hybridized carbons (Fsp3) is 0.429. The summed E-state index contributed by atoms with van der Waals surface area (Å²) >= 11 is 6.06. The monoisotopic (exact) mass is 313 g/mol. The zero-order valence-corrected chi connectivity index (χ0v) is 13.1. The maximum absolute atomic E-state index is 11.7. The van der Waals surface area contributed by atoms with Gasteiger partial charge in [-0.2, -0.15) is 0 Å². The summed E-state index contributed by atoms with van der Waals surface area (Å²) in [5.74, 6) is -0.237. The standard InChI is InChI=1S/C14H20ClN3O3/c1-9(7-16)14(20)17-10-4-5-12(11(15)6-10)21-8-13(19)18(2)3/h4-6,9H,7-8,16H2,1-3H3,(H,17,20). The summed E-state index contributed by atoms with van der Waals surface area (Å²) in [5.41, 5.74) is 5.98. The summed E-state index contributed by atoms with van der Waals surface area (Å²) in [5, 5.41) is 3.03. The van der Waals surface area contributed by atoms with Crippen LogP contribution in [0, 0.1) is 5.92 Å². The van der Waals surface area contributed by atoms with Crippen LogP contribution in [0.3, 0.4) is 0 Å². The third-order valence-corrected chi connectivity index (χ3v) is 3.15. The molecule has 0 saturated heterocycles. The Morgan fingerprint density at radius 2 is 2.10 bits per heavy atom. The van der Waals surface area contributed by atoms with Crippen LogP contribution >= 0.6 is 11.6 Å². The molecule has 0 aromatic heterocycles. The quantitative estimate of drug-likeness (QED) is 0.830. The number of hydrogen-bond acceptors (Lipinski definition) is 4. The highest BCUT2D eigenvalue weighted by Crippen LogP contribution is 2.27. The molecule has 2 amide bonds. The average molecular weight is 314 g/mol. The Hall–Kier alpha value is -1.79. The lowest BCUT2D eigenvalue weighted by Crippen LogP contribution is -2.27. The van der Waals surface area contributed by atoms with Crippen molar-refractivity contribution in [2.75, 3.05) is 32.6 Å². The van der Waals surface area contributed by atoms with Crippen molar-refractivity contribution in [2.45, 2.75) is 6.92 Å². The number of nitrogens with two attached hydrogens (primary N) is 1. The minimum Gasteiger partial charge on any atom is -0.482 e. The maximum Gasteiger partial charge on any atom is 0.259 e. The van der Waals surface area contributed by atoms with Crippen LogP contribution in [-0.4, -0.2) is 44.0 Å². The molecule has 0 aliphatic heterocycles. The molecular weight excluding hydrogens is 294 g/mol. The first-order valence-electron chi connectivity index (χ1n) is 6.48. The van der Waals surface area contributed by atoms with Gasteiger partial charge in [-0.25, -0.2) is 0 Å². The van der Waals surface area contributed by atoms with Crippen molar-refractivity contribution in [3.05, 3.63) is 23.2 Å². The van der Waals surface area contributed by atoms with E-state index in [1.807, 2.05) is 0 Å². The molecule has 1 aromatic rings. The number of halogens is 1. The first kappa shape index (κ1) is 17.3. The SMILES string of the molecule is CC(CN)C(=O)Nc1ccc(OCC(=O)N(C)C)c(Cl)c1. The summed E-state index contributed by atoms with van der Waals surface area (Å²) in [4.78, 5) is 24.6. The fourth-order valence-electron chi connectivity index (χ4n) is 1.34. The molecule has 0 bridgehead atoms. The molecule has 0 saturated carbocycles. The average Bonchev–Trinajstić information content (AvgIpc) is 2.44. The number of hydrogen-bond donors (Lipinski definition) is 2. The number of carbonyl (C=O) groups excluding carboxylic acids is 2. The number of nitrogens with zero attached hydrogens (tertiary/aromatic N) is 1. The Kier molecular flexibility index (Phi) is 6.45. The first-order chi connectivity index (χ1) is 9.85. The minimum absolute atomic E-state index is 0.0946. The number of anilines is 1. The summed E-state index contributed by atoms with van der Waals surface area (Å²) in [6.45, 7) is 1.91. The first-order valence-corrected chi connectivity index (χ1v) is 6.86. The van der Waals surface area contributed by atoms with Gasteiger partial charge in [-0.1, -0.05) is 18.5 Å². The normalized spacial score (nSPS) is 11.7. The van der Waals surface area contributed by atoms with Crippen molar-refractivity contribution in [1.82, 2.24) is 4.90 Å². The van der Waals surface area contributed by atoms with E-state index in [0.29, 0.717) is 16.5 Å². The minimum atomic E-state index is -0.280. The van der Waals surface area contributed by atoms with E-state index in [1.54, 1.807) is 39.2 Å². The topological polar surface area (TPSA) is 84.7 Å². The highest BCUT2D eigenvalue weighted by atomic mass is 35.5. The Balaban J connectivity index is 2.68. The summed E-state index contributed by atoms with van der Waals surface area (Å²) in [7, 11) is 3.29. The lowest BCUT2D eigenvalue weighted by atomic mass is 10.1. The number of ether oxygens (including phenoxy) is 1. The van der Waals surface area contributed by atoms with Crippen molar-refractivity contribution in [3.8, 4) is 5.75 Å². The molecule has 1 unspecified atom stereocenters. The molecule has 0 aliphatic carbocycles. The van der Waals surface area contributed by atoms with E-state index in [2.05, 4.69) is 5.32 Å². The number of amides is 2. The highest BCUT2D eigenvalue weighted by Gasteiger charge is 2.12. The van der Waals surface area contributed by atoms with Gasteiger partial charge in [0.15, 0.2) is 6.61 Å². The molecule has 1 rings (SSSR count). The lowest BCUT2D eigenvalue weighted by molar-refractivity contribution is -0.130. The number of carbonyl (C=O) groups is 2. The highest BCUT2D eigenvalue weighted by molar-refractivity contribution is 6.32. The second-order valence-electron chi connectivity index (χ2n) is 4.85. The molecule has 21 heavy (non-hydrogen) atoms. The molecule has 0 radical (unpaired) electrons. The number of benzene rings is 1. The van der Waals surface area contributed by atoms with Gasteiger partial charge in [-0.15, -0.1) is 0 Å². The summed E-state index contributed by atoms with van der Waals surface area (Å²) < 4.78 is 5.33. The van der Waals surface area contributed by atoms with Gasteiger partial charge < -0.3 is 20.7 Å². The largest absolute Gasteiger partial charge is 0.482 e. The van der Waals surface area contributed by atoms with Gasteiger partial charge in [-0.05, 0) is 18.2 Å². The van der Waals surface area contributed by atoms with Crippen molar-refractivity contribution in [3.63, 3.8) is 0 Å². The van der Waals surface area contributed by atoms with Crippen LogP contribution in [0.25, 0.3) is 0 Å². The van der Waals surface area contributed by atoms with Crippen LogP contribution in [0.1, 0.15) is 6.92 Å². The molecule has 0 heterocycles. The molecular formula is C14H20ClN3O3. The van der Waals surface area contributed by atoms with E-state index in [1.165, 1.54) is 4.90 Å². The van der Waals surface area contributed by atoms with Crippen LogP contribution in [0.2, 0.25) is 5.02 Å². The van der Waals surface area contributed by atoms with Crippen molar-refractivity contribution in [2.24, 2.45) is 11.7 Å². The van der Waals surface area contributed by atoms with E-state index >= 15 is 0 Å². The van der Waals surface area contributed by atoms with Gasteiger partial charge in [0.1, 0.15) is 5.75 Å². The lowest BCUT2D eigenvalue weighted by Gasteiger charge is -2.14. The van der Waals surface area contributed by atoms with Gasteiger partial charge in [0.25, 0.3) is 5.91 Å². The number of rotatable bonds is 6. The second kappa shape index (κ2) is 7.85. The van der Waals surface area contributed by atoms with Gasteiger partial charge in [0.2, 0.25) is 5.91 Å². The molecule has 1 aromatic carbocycles. The van der Waals surface area contributed by atoms with Gasteiger partial charge in [0, 0.05) is 32.2 Å². The Bertz CT molecular complexity index is 520. The summed E-state index contributed by atoms with van der Waals surface area (Å²) in [6.07, 6.45) is 0. The smallest absolute Gasteiger partial charge is 0.259 e. The second-order valence-corrected chi connectivity index (χ2v) is 5.26. The molecule has 0 spiro atoms. The fourth-order valence-corrected chi connectivity index (χ4v) is 1.57. The van der Waals surface area contributed by atoms with Gasteiger partial charge >= 0.3 is 0 Å². The Morgan fingerprint density at radius 1 is 1.43 bits per heavy atom. The van der Waals surface area contributed by atoms with Crippen LogP contribution in [-0.2, 0) is 9.59 Å². The van der Waals surface area contributed by atoms with Crippen LogP contribution in [0.15, 0.2) is 18.2 Å². The predicted octanol–water partition coefficient (Wildman–Crippen LogP) is 1.34. The maximum atomic E-state index is 11.7. The van der Waals surface area contributed by atoms with Crippen molar-refractivity contribution >= 4 is 29.1 Å². The molecule has 6 nitrogen and oxygen atoms in total. The van der Waals surface area contributed by atoms with Crippen molar-refractivity contribution in [1.29, 1.82) is 0 Å². The van der Waals surface area contributed by atoms with E-state index in [-0.39, 0.29) is 30.9 Å². The molecule has 0 aliphatic rings. The summed E-state index contributed by atoms with van der Waals surface area (Å²) in [6, 6.07) is 4.83. The number of likely N-dealkylation sites (N-methyl/N-ethyl adjacent to an activating group) is 1. The van der Waals surface area contributed by atoms with E-state index in [0.717, 1.165) is 0 Å². The van der Waals surface area contributed by atoms with Crippen LogP contribution in [0.4, 0.5) is 5.69 Å². The zero-order valence-electron chi connectivity index (χ0n) is 12.4. The van der Waals surface area contributed by atoms with Crippen molar-refractivity contribution < 1.29 is 14.3 Å². The molecule has 116 valence electrons. The third-order valence-electron chi connectivity index (χ3n) is 2.85. The molecule has 1 atom stereocenters. The zero-order chi connectivity index (χ0) is 16.0. The molecule has 7 heteroatoms. The molecule has 0 fully saturated rings.